The van der Waals surface area contributed by atoms with E-state index in [4.69, 9.17) is 5.26 Å². The number of nitrogens with zero attached hydrogens (tertiary/aromatic N) is 1. The second-order valence-electron chi connectivity index (χ2n) is 3.19. The third-order valence-electron chi connectivity index (χ3n) is 2.57. The molecule has 0 fully saturated rings. The summed E-state index contributed by atoms with van der Waals surface area (Å²) in [7, 11) is 0. The quantitative estimate of drug-likeness (QED) is 0.674. The van der Waals surface area contributed by atoms with Crippen molar-refractivity contribution in [3.63, 3.8) is 0 Å². The molecule has 1 aromatic rings. The molecule has 0 aliphatic heterocycles. The number of rotatable bonds is 2. The van der Waals surface area contributed by atoms with Crippen LogP contribution in [0.1, 0.15) is 36.1 Å². The summed E-state index contributed by atoms with van der Waals surface area (Å²) in [6.45, 7) is 6.36. The summed E-state index contributed by atoms with van der Waals surface area (Å²) in [6, 6.07) is 6.24. The molecule has 1 heteroatoms. The Morgan fingerprint density at radius 2 is 1.92 bits per heavy atom. The summed E-state index contributed by atoms with van der Waals surface area (Å²) < 4.78 is 0. The van der Waals surface area contributed by atoms with Gasteiger partial charge in [-0.15, -0.1) is 0 Å². The normalized spacial score (nSPS) is 9.69. The van der Waals surface area contributed by atoms with Gasteiger partial charge >= 0.3 is 0 Å². The van der Waals surface area contributed by atoms with Crippen molar-refractivity contribution in [1.82, 2.24) is 0 Å². The summed E-state index contributed by atoms with van der Waals surface area (Å²) >= 11 is 0. The van der Waals surface area contributed by atoms with E-state index in [1.54, 1.807) is 0 Å². The molecular weight excluding hydrogens is 158 g/mol. The zero-order chi connectivity index (χ0) is 9.84. The largest absolute Gasteiger partial charge is 0.192 e. The standard InChI is InChI=1S/C12H15N/c1-4-10-6-7-11(8-13)12(5-2)9(10)3/h6-7H,4-5H2,1-3H3. The third-order valence-corrected chi connectivity index (χ3v) is 2.57. The Kier molecular flexibility index (Phi) is 3.08. The molecule has 0 atom stereocenters. The van der Waals surface area contributed by atoms with Gasteiger partial charge in [0.1, 0.15) is 0 Å². The van der Waals surface area contributed by atoms with Gasteiger partial charge < -0.3 is 0 Å². The number of hydrogen-bond donors (Lipinski definition) is 0. The van der Waals surface area contributed by atoms with Crippen LogP contribution in [0.4, 0.5) is 0 Å². The minimum Gasteiger partial charge on any atom is -0.192 e. The van der Waals surface area contributed by atoms with E-state index in [0.29, 0.717) is 0 Å². The Labute approximate surface area is 80.0 Å². The molecular formula is C12H15N. The van der Waals surface area contributed by atoms with Crippen molar-refractivity contribution in [2.45, 2.75) is 33.6 Å². The van der Waals surface area contributed by atoms with Crippen LogP contribution in [0.2, 0.25) is 0 Å². The van der Waals surface area contributed by atoms with E-state index < -0.39 is 0 Å². The van der Waals surface area contributed by atoms with Gasteiger partial charge in [0, 0.05) is 0 Å². The average molecular weight is 173 g/mol. The van der Waals surface area contributed by atoms with Crippen molar-refractivity contribution in [3.05, 3.63) is 34.4 Å². The van der Waals surface area contributed by atoms with E-state index in [-0.39, 0.29) is 0 Å². The van der Waals surface area contributed by atoms with E-state index in [1.807, 2.05) is 6.07 Å². The monoisotopic (exact) mass is 173 g/mol. The number of hydrogen-bond acceptors (Lipinski definition) is 1. The van der Waals surface area contributed by atoms with E-state index in [2.05, 4.69) is 32.9 Å². The summed E-state index contributed by atoms with van der Waals surface area (Å²) in [5.41, 5.74) is 4.69. The highest BCUT2D eigenvalue weighted by Crippen LogP contribution is 2.19. The molecule has 0 unspecified atom stereocenters. The first kappa shape index (κ1) is 9.80. The Morgan fingerprint density at radius 1 is 1.23 bits per heavy atom. The van der Waals surface area contributed by atoms with Crippen LogP contribution in [0, 0.1) is 18.3 Å². The molecule has 0 amide bonds. The summed E-state index contributed by atoms with van der Waals surface area (Å²) in [5.74, 6) is 0. The Morgan fingerprint density at radius 3 is 2.38 bits per heavy atom. The first-order chi connectivity index (χ1) is 6.24. The van der Waals surface area contributed by atoms with Crippen LogP contribution in [-0.2, 0) is 12.8 Å². The molecule has 1 rings (SSSR count). The van der Waals surface area contributed by atoms with E-state index in [1.165, 1.54) is 16.7 Å². The minimum absolute atomic E-state index is 0.831. The molecule has 0 spiro atoms. The first-order valence-electron chi connectivity index (χ1n) is 4.76. The van der Waals surface area contributed by atoms with Crippen LogP contribution < -0.4 is 0 Å². The van der Waals surface area contributed by atoms with E-state index in [0.717, 1.165) is 18.4 Å². The van der Waals surface area contributed by atoms with Crippen molar-refractivity contribution >= 4 is 0 Å². The van der Waals surface area contributed by atoms with Gasteiger partial charge in [0.2, 0.25) is 0 Å². The maximum Gasteiger partial charge on any atom is 0.0994 e. The minimum atomic E-state index is 0.831. The number of benzene rings is 1. The van der Waals surface area contributed by atoms with Gasteiger partial charge in [0.05, 0.1) is 11.6 Å². The fraction of sp³-hybridized carbons (Fsp3) is 0.417. The molecule has 13 heavy (non-hydrogen) atoms. The van der Waals surface area contributed by atoms with Gasteiger partial charge in [-0.05, 0) is 42.5 Å². The molecule has 0 aromatic heterocycles. The van der Waals surface area contributed by atoms with Crippen molar-refractivity contribution in [2.24, 2.45) is 0 Å². The number of aryl methyl sites for hydroxylation is 1. The SMILES string of the molecule is CCc1ccc(C#N)c(CC)c1C. The lowest BCUT2D eigenvalue weighted by Crippen LogP contribution is -1.96. The second kappa shape index (κ2) is 4.09. The fourth-order valence-electron chi connectivity index (χ4n) is 1.75. The summed E-state index contributed by atoms with van der Waals surface area (Å²) in [6.07, 6.45) is 1.99. The van der Waals surface area contributed by atoms with Gasteiger partial charge in [-0.25, -0.2) is 0 Å². The Hall–Kier alpha value is -1.29. The smallest absolute Gasteiger partial charge is 0.0994 e. The zero-order valence-electron chi connectivity index (χ0n) is 8.52. The highest BCUT2D eigenvalue weighted by atomic mass is 14.2. The Balaban J connectivity index is 3.34. The van der Waals surface area contributed by atoms with Gasteiger partial charge in [0.25, 0.3) is 0 Å². The van der Waals surface area contributed by atoms with Gasteiger partial charge in [0.15, 0.2) is 0 Å². The van der Waals surface area contributed by atoms with Crippen LogP contribution >= 0.6 is 0 Å². The van der Waals surface area contributed by atoms with E-state index in [9.17, 15) is 0 Å². The van der Waals surface area contributed by atoms with Crippen LogP contribution in [0.5, 0.6) is 0 Å². The lowest BCUT2D eigenvalue weighted by Gasteiger charge is -2.09. The van der Waals surface area contributed by atoms with E-state index >= 15 is 0 Å². The molecule has 0 saturated heterocycles. The third kappa shape index (κ3) is 1.72. The topological polar surface area (TPSA) is 23.8 Å². The van der Waals surface area contributed by atoms with Crippen LogP contribution in [0.25, 0.3) is 0 Å². The highest BCUT2D eigenvalue weighted by molar-refractivity contribution is 5.46. The molecule has 0 bridgehead atoms. The molecule has 0 aliphatic carbocycles. The average Bonchev–Trinajstić information content (AvgIpc) is 2.17. The molecule has 68 valence electrons. The second-order valence-corrected chi connectivity index (χ2v) is 3.19. The summed E-state index contributed by atoms with van der Waals surface area (Å²) in [5, 5.41) is 8.89. The molecule has 1 aromatic carbocycles. The molecule has 0 N–H and O–H groups in total. The van der Waals surface area contributed by atoms with Crippen molar-refractivity contribution in [1.29, 1.82) is 5.26 Å². The predicted octanol–water partition coefficient (Wildman–Crippen LogP) is 2.99. The van der Waals surface area contributed by atoms with Gasteiger partial charge in [-0.1, -0.05) is 19.9 Å². The van der Waals surface area contributed by atoms with Crippen molar-refractivity contribution in [2.75, 3.05) is 0 Å². The van der Waals surface area contributed by atoms with Crippen LogP contribution in [0.15, 0.2) is 12.1 Å². The lowest BCUT2D eigenvalue weighted by molar-refractivity contribution is 1.04. The number of nitriles is 1. The zero-order valence-corrected chi connectivity index (χ0v) is 8.52. The maximum atomic E-state index is 8.89. The van der Waals surface area contributed by atoms with Crippen LogP contribution in [-0.4, -0.2) is 0 Å². The molecule has 0 aliphatic rings. The lowest BCUT2D eigenvalue weighted by atomic mass is 9.95. The molecule has 0 heterocycles. The molecule has 0 saturated carbocycles. The molecule has 1 nitrogen and oxygen atoms in total. The predicted molar refractivity (Wildman–Crippen MR) is 54.7 cm³/mol. The fourth-order valence-corrected chi connectivity index (χ4v) is 1.75. The van der Waals surface area contributed by atoms with Crippen molar-refractivity contribution in [3.8, 4) is 6.07 Å². The van der Waals surface area contributed by atoms with Gasteiger partial charge in [-0.2, -0.15) is 5.26 Å². The maximum absolute atomic E-state index is 8.89. The first-order valence-corrected chi connectivity index (χ1v) is 4.76. The van der Waals surface area contributed by atoms with Gasteiger partial charge in [-0.3, -0.25) is 0 Å². The summed E-state index contributed by atoms with van der Waals surface area (Å²) in [4.78, 5) is 0. The highest BCUT2D eigenvalue weighted by Gasteiger charge is 2.06. The molecule has 0 radical (unpaired) electrons. The van der Waals surface area contributed by atoms with Crippen LogP contribution in [0.3, 0.4) is 0 Å². The Bertz CT molecular complexity index is 345. The van der Waals surface area contributed by atoms with Crippen molar-refractivity contribution < 1.29 is 0 Å².